The van der Waals surface area contributed by atoms with Gasteiger partial charge in [0.2, 0.25) is 17.5 Å². The summed E-state index contributed by atoms with van der Waals surface area (Å²) >= 11 is 6.37. The van der Waals surface area contributed by atoms with Crippen LogP contribution in [0.15, 0.2) is 48.5 Å². The van der Waals surface area contributed by atoms with Gasteiger partial charge < -0.3 is 19.6 Å². The molecule has 1 N–H and O–H groups in total. The largest absolute Gasteiger partial charge is 0.371 e. The number of piperidine rings is 3. The van der Waals surface area contributed by atoms with Crippen molar-refractivity contribution in [1.29, 1.82) is 0 Å². The number of hydrogen-bond donors (Lipinski definition) is 1. The van der Waals surface area contributed by atoms with E-state index in [1.807, 2.05) is 35.2 Å². The molecule has 1 unspecified atom stereocenters. The van der Waals surface area contributed by atoms with E-state index in [0.717, 1.165) is 86.9 Å². The average Bonchev–Trinajstić information content (AvgIpc) is 3.65. The maximum absolute atomic E-state index is 13.4. The highest BCUT2D eigenvalue weighted by Gasteiger charge is 2.46. The van der Waals surface area contributed by atoms with Crippen molar-refractivity contribution in [2.45, 2.75) is 64.0 Å². The predicted molar refractivity (Wildman–Crippen MR) is 212 cm³/mol. The number of fused-ring (bicyclic) bond motifs is 1. The number of likely N-dealkylation sites (tertiary alicyclic amines) is 1. The fraction of sp³-hybridized carbons (Fsp3) is 0.476. The van der Waals surface area contributed by atoms with Gasteiger partial charge in [0.25, 0.3) is 17.7 Å². The maximum atomic E-state index is 13.4. The lowest BCUT2D eigenvalue weighted by Crippen LogP contribution is -2.54. The van der Waals surface area contributed by atoms with E-state index in [0.29, 0.717) is 47.4 Å². The predicted octanol–water partition coefficient (Wildman–Crippen LogP) is 4.96. The molecule has 2 aromatic carbocycles. The van der Waals surface area contributed by atoms with Crippen LogP contribution in [0.1, 0.15) is 83.1 Å². The monoisotopic (exact) mass is 789 g/mol. The molecule has 294 valence electrons. The van der Waals surface area contributed by atoms with E-state index in [9.17, 15) is 24.0 Å². The van der Waals surface area contributed by atoms with Gasteiger partial charge in [-0.25, -0.2) is 4.85 Å². The van der Waals surface area contributed by atoms with Crippen molar-refractivity contribution in [3.63, 3.8) is 0 Å². The highest BCUT2D eigenvalue weighted by Crippen LogP contribution is 2.46. The Balaban J connectivity index is 0.740. The Labute approximate surface area is 335 Å². The summed E-state index contributed by atoms with van der Waals surface area (Å²) in [5, 5.41) is 11.6. The van der Waals surface area contributed by atoms with Crippen LogP contribution in [-0.2, 0) is 9.59 Å². The van der Waals surface area contributed by atoms with Gasteiger partial charge in [0, 0.05) is 74.7 Å². The average molecular weight is 790 g/mol. The van der Waals surface area contributed by atoms with Gasteiger partial charge in [0.05, 0.1) is 17.7 Å². The summed E-state index contributed by atoms with van der Waals surface area (Å²) in [5.74, 6) is -0.428. The van der Waals surface area contributed by atoms with Crippen LogP contribution >= 0.6 is 11.6 Å². The Bertz CT molecular complexity index is 2200. The zero-order chi connectivity index (χ0) is 39.6. The molecule has 0 radical (unpaired) electrons. The summed E-state index contributed by atoms with van der Waals surface area (Å²) in [5.41, 5.74) is 3.55. The second-order valence-electron chi connectivity index (χ2n) is 16.7. The molecule has 1 spiro atoms. The van der Waals surface area contributed by atoms with E-state index in [1.165, 1.54) is 0 Å². The molecule has 0 aliphatic carbocycles. The molecule has 0 saturated carbocycles. The lowest BCUT2D eigenvalue weighted by molar-refractivity contribution is -0.136. The van der Waals surface area contributed by atoms with Crippen LogP contribution in [-0.4, -0.2) is 107 Å². The lowest BCUT2D eigenvalue weighted by atomic mass is 9.77. The fourth-order valence-corrected chi connectivity index (χ4v) is 10.3. The zero-order valence-electron chi connectivity index (χ0n) is 31.8. The Morgan fingerprint density at radius 1 is 0.860 bits per heavy atom. The number of hydrogen-bond acceptors (Lipinski definition) is 10. The van der Waals surface area contributed by atoms with Crippen molar-refractivity contribution in [3.05, 3.63) is 81.8 Å². The van der Waals surface area contributed by atoms with Crippen LogP contribution in [0.5, 0.6) is 0 Å². The summed E-state index contributed by atoms with van der Waals surface area (Å²) in [6.45, 7) is 15.2. The van der Waals surface area contributed by atoms with Gasteiger partial charge in [-0.3, -0.25) is 34.2 Å². The Morgan fingerprint density at radius 2 is 1.60 bits per heavy atom. The van der Waals surface area contributed by atoms with E-state index >= 15 is 0 Å². The van der Waals surface area contributed by atoms with Crippen LogP contribution in [0.4, 0.5) is 22.9 Å². The molecule has 0 bridgehead atoms. The topological polar surface area (TPSA) is 144 Å². The zero-order valence-corrected chi connectivity index (χ0v) is 32.6. The molecule has 15 heteroatoms. The fourth-order valence-electron chi connectivity index (χ4n) is 10.0. The van der Waals surface area contributed by atoms with Gasteiger partial charge >= 0.3 is 0 Å². The number of nitrogens with zero attached hydrogens (tertiary/aromatic N) is 8. The third kappa shape index (κ3) is 6.65. The van der Waals surface area contributed by atoms with Gasteiger partial charge in [-0.05, 0) is 105 Å². The third-order valence-corrected chi connectivity index (χ3v) is 13.7. The second-order valence-corrected chi connectivity index (χ2v) is 17.1. The van der Waals surface area contributed by atoms with Gasteiger partial charge in [-0.15, -0.1) is 10.2 Å². The summed E-state index contributed by atoms with van der Waals surface area (Å²) < 4.78 is 0. The van der Waals surface area contributed by atoms with Crippen LogP contribution in [0, 0.1) is 23.8 Å². The van der Waals surface area contributed by atoms with E-state index < -0.39 is 29.7 Å². The maximum Gasteiger partial charge on any atom is 0.274 e. The Hall–Kier alpha value is -5.55. The van der Waals surface area contributed by atoms with Crippen molar-refractivity contribution >= 4 is 64.0 Å². The summed E-state index contributed by atoms with van der Waals surface area (Å²) in [7, 11) is 0. The molecule has 14 nitrogen and oxygen atoms in total. The van der Waals surface area contributed by atoms with Gasteiger partial charge in [-0.1, -0.05) is 17.7 Å². The van der Waals surface area contributed by atoms with Crippen molar-refractivity contribution in [1.82, 2.24) is 25.3 Å². The number of anilines is 3. The first-order chi connectivity index (χ1) is 27.5. The Morgan fingerprint density at radius 3 is 2.28 bits per heavy atom. The van der Waals surface area contributed by atoms with E-state index in [1.54, 1.807) is 18.2 Å². The minimum atomic E-state index is -0.985. The molecule has 57 heavy (non-hydrogen) atoms. The molecular formula is C42H44ClN9O5. The first kappa shape index (κ1) is 37.1. The van der Waals surface area contributed by atoms with E-state index in [4.69, 9.17) is 18.2 Å². The standard InChI is InChI=1S/C42H44ClN9O5/c1-25-21-42(24-51(25)29-4-6-33(44-2)32(43)20-29)13-17-49(18-14-42)36-9-7-34(46-47-36)41(57)50-22-27(23-50)26-11-15-48(16-12-26)28-3-5-30-31(19-28)40(56)52(39(30)55)35-8-10-37(53)45-38(35)54/h3-7,9,19-20,25-27,35H,8,10-18,21-24H2,1H3,(H,45,53,54)/t25-,35?/m0/s1. The number of carbonyl (C=O) groups excluding carboxylic acids is 5. The summed E-state index contributed by atoms with van der Waals surface area (Å²) in [6.07, 6.45) is 5.29. The number of imide groups is 2. The van der Waals surface area contributed by atoms with Gasteiger partial charge in [0.15, 0.2) is 11.5 Å². The normalized spacial score (nSPS) is 23.8. The number of nitrogens with one attached hydrogen (secondary N) is 1. The number of amides is 5. The number of benzene rings is 2. The van der Waals surface area contributed by atoms with Crippen molar-refractivity contribution in [3.8, 4) is 0 Å². The molecule has 3 aromatic rings. The molecule has 6 aliphatic rings. The van der Waals surface area contributed by atoms with Crippen LogP contribution in [0.2, 0.25) is 5.02 Å². The molecule has 2 atom stereocenters. The van der Waals surface area contributed by atoms with Crippen molar-refractivity contribution in [2.24, 2.45) is 17.3 Å². The van der Waals surface area contributed by atoms with E-state index in [2.05, 4.69) is 42.0 Å². The molecule has 5 amide bonds. The first-order valence-corrected chi connectivity index (χ1v) is 20.3. The highest BCUT2D eigenvalue weighted by atomic mass is 35.5. The molecule has 1 aromatic heterocycles. The molecule has 9 rings (SSSR count). The molecule has 5 fully saturated rings. The number of halogens is 1. The first-order valence-electron chi connectivity index (χ1n) is 19.9. The smallest absolute Gasteiger partial charge is 0.274 e. The third-order valence-electron chi connectivity index (χ3n) is 13.4. The van der Waals surface area contributed by atoms with Gasteiger partial charge in [0.1, 0.15) is 6.04 Å². The molecule has 5 saturated heterocycles. The quantitative estimate of drug-likeness (QED) is 0.269. The number of rotatable bonds is 6. The highest BCUT2D eigenvalue weighted by molar-refractivity contribution is 6.33. The lowest BCUT2D eigenvalue weighted by Gasteiger charge is -2.46. The Kier molecular flexibility index (Phi) is 9.38. The van der Waals surface area contributed by atoms with Crippen molar-refractivity contribution in [2.75, 3.05) is 60.5 Å². The minimum Gasteiger partial charge on any atom is -0.371 e. The molecular weight excluding hydrogens is 746 g/mol. The van der Waals surface area contributed by atoms with Crippen molar-refractivity contribution < 1.29 is 24.0 Å². The van der Waals surface area contributed by atoms with Crippen LogP contribution in [0.25, 0.3) is 4.85 Å². The summed E-state index contributed by atoms with van der Waals surface area (Å²) in [4.78, 5) is 77.1. The van der Waals surface area contributed by atoms with Gasteiger partial charge in [-0.2, -0.15) is 0 Å². The van der Waals surface area contributed by atoms with E-state index in [-0.39, 0.29) is 35.3 Å². The SMILES string of the molecule is [C-]#[N+]c1ccc(N2CC3(CCN(c4ccc(C(=O)N5CC(C6CCN(c7ccc8c(c7)C(=O)N(C7CCC(=O)NC7=O)C8=O)CC6)C5)nn4)CC3)C[C@@H]2C)cc1Cl. The number of carbonyl (C=O) groups is 5. The van der Waals surface area contributed by atoms with Crippen LogP contribution < -0.4 is 20.0 Å². The number of aromatic nitrogens is 2. The van der Waals surface area contributed by atoms with Crippen LogP contribution in [0.3, 0.4) is 0 Å². The summed E-state index contributed by atoms with van der Waals surface area (Å²) in [6, 6.07) is 14.1. The minimum absolute atomic E-state index is 0.0831. The molecule has 6 aliphatic heterocycles. The molecule has 7 heterocycles. The second kappa shape index (κ2) is 14.4.